The molecule has 0 spiro atoms. The van der Waals surface area contributed by atoms with Crippen LogP contribution in [0, 0.1) is 0 Å². The van der Waals surface area contributed by atoms with Crippen LogP contribution < -0.4 is 5.32 Å². The smallest absolute Gasteiger partial charge is 0.253 e. The number of benzene rings is 3. The highest BCUT2D eigenvalue weighted by Crippen LogP contribution is 2.37. The molecule has 1 heterocycles. The van der Waals surface area contributed by atoms with Crippen LogP contribution in [0.25, 0.3) is 0 Å². The molecule has 0 saturated heterocycles. The van der Waals surface area contributed by atoms with E-state index >= 15 is 0 Å². The Morgan fingerprint density at radius 2 is 1.66 bits per heavy atom. The Balaban J connectivity index is 1.62. The third-order valence-corrected chi connectivity index (χ3v) is 6.23. The Bertz CT molecular complexity index is 1240. The van der Waals surface area contributed by atoms with Crippen molar-refractivity contribution in [1.82, 2.24) is 9.80 Å². The first-order valence-corrected chi connectivity index (χ1v) is 12.0. The number of hydrogen-bond donors (Lipinski definition) is 1. The van der Waals surface area contributed by atoms with Crippen LogP contribution in [-0.2, 0) is 4.79 Å². The maximum absolute atomic E-state index is 13.0. The lowest BCUT2D eigenvalue weighted by Crippen LogP contribution is -2.29. The van der Waals surface area contributed by atoms with E-state index in [9.17, 15) is 9.59 Å². The van der Waals surface area contributed by atoms with Crippen LogP contribution in [0.1, 0.15) is 33.8 Å². The summed E-state index contributed by atoms with van der Waals surface area (Å²) < 4.78 is 0. The lowest BCUT2D eigenvalue weighted by atomic mass is 9.90. The van der Waals surface area contributed by atoms with Crippen molar-refractivity contribution in [2.75, 3.05) is 39.5 Å². The van der Waals surface area contributed by atoms with Crippen LogP contribution >= 0.6 is 11.6 Å². The number of fused-ring (bicyclic) bond motifs is 1. The molecule has 0 saturated carbocycles. The third kappa shape index (κ3) is 5.78. The summed E-state index contributed by atoms with van der Waals surface area (Å²) in [4.78, 5) is 34.5. The average Bonchev–Trinajstić information content (AvgIpc) is 3.17. The molecule has 0 aromatic heterocycles. The minimum absolute atomic E-state index is 0.0245. The van der Waals surface area contributed by atoms with Gasteiger partial charge >= 0.3 is 0 Å². The molecule has 1 atom stereocenters. The number of amides is 2. The van der Waals surface area contributed by atoms with Crippen molar-refractivity contribution in [2.24, 2.45) is 4.99 Å². The average molecular weight is 489 g/mol. The van der Waals surface area contributed by atoms with E-state index in [1.807, 2.05) is 69.7 Å². The molecule has 0 bridgehead atoms. The summed E-state index contributed by atoms with van der Waals surface area (Å²) in [6.07, 6.45) is 0.911. The van der Waals surface area contributed by atoms with Crippen molar-refractivity contribution < 1.29 is 9.59 Å². The molecule has 4 rings (SSSR count). The van der Waals surface area contributed by atoms with Gasteiger partial charge < -0.3 is 15.1 Å². The fourth-order valence-corrected chi connectivity index (χ4v) is 4.35. The number of carbonyl (C=O) groups excluding carboxylic acids is 2. The maximum Gasteiger partial charge on any atom is 0.253 e. The standard InChI is InChI=1S/C28H29ClN4O2/c1-32(2)16-7-17-33(3)28(35)20-10-13-22(14-11-20)30-26(19-8-5-4-6-9-19)25-23-15-12-21(29)18-24(23)31-27(25)34/h4-6,8-15,18,25H,7,16-17H2,1-3H3,(H,31,34). The van der Waals surface area contributed by atoms with Gasteiger partial charge in [-0.25, -0.2) is 0 Å². The van der Waals surface area contributed by atoms with Crippen molar-refractivity contribution in [1.29, 1.82) is 0 Å². The van der Waals surface area contributed by atoms with Crippen molar-refractivity contribution >= 4 is 40.5 Å². The highest BCUT2D eigenvalue weighted by molar-refractivity contribution is 6.31. The Labute approximate surface area is 211 Å². The Morgan fingerprint density at radius 3 is 2.34 bits per heavy atom. The summed E-state index contributed by atoms with van der Waals surface area (Å²) >= 11 is 6.13. The lowest BCUT2D eigenvalue weighted by molar-refractivity contribution is -0.115. The molecular formula is C28H29ClN4O2. The minimum Gasteiger partial charge on any atom is -0.342 e. The van der Waals surface area contributed by atoms with Gasteiger partial charge in [-0.3, -0.25) is 14.6 Å². The van der Waals surface area contributed by atoms with Gasteiger partial charge in [0.25, 0.3) is 5.91 Å². The van der Waals surface area contributed by atoms with Gasteiger partial charge in [0.1, 0.15) is 5.92 Å². The van der Waals surface area contributed by atoms with Gasteiger partial charge in [0.2, 0.25) is 5.91 Å². The van der Waals surface area contributed by atoms with E-state index in [2.05, 4.69) is 10.2 Å². The summed E-state index contributed by atoms with van der Waals surface area (Å²) in [5, 5.41) is 3.49. The van der Waals surface area contributed by atoms with Crippen molar-refractivity contribution in [2.45, 2.75) is 12.3 Å². The largest absolute Gasteiger partial charge is 0.342 e. The number of carbonyl (C=O) groups is 2. The van der Waals surface area contributed by atoms with Crippen molar-refractivity contribution in [3.05, 3.63) is 94.5 Å². The van der Waals surface area contributed by atoms with Crippen molar-refractivity contribution in [3.8, 4) is 0 Å². The maximum atomic E-state index is 13.0. The lowest BCUT2D eigenvalue weighted by Gasteiger charge is -2.18. The van der Waals surface area contributed by atoms with Crippen molar-refractivity contribution in [3.63, 3.8) is 0 Å². The summed E-state index contributed by atoms with van der Waals surface area (Å²) in [6.45, 7) is 1.62. The molecule has 0 aliphatic carbocycles. The number of aliphatic imine (C=N–C) groups is 1. The summed E-state index contributed by atoms with van der Waals surface area (Å²) in [5.74, 6) is -0.728. The predicted octanol–water partition coefficient (Wildman–Crippen LogP) is 5.22. The Kier molecular flexibility index (Phi) is 7.63. The third-order valence-electron chi connectivity index (χ3n) is 6.00. The Morgan fingerprint density at radius 1 is 0.943 bits per heavy atom. The molecule has 6 nitrogen and oxygen atoms in total. The number of nitrogens with one attached hydrogen (secondary N) is 1. The molecule has 7 heteroatoms. The zero-order valence-corrected chi connectivity index (χ0v) is 20.9. The van der Waals surface area contributed by atoms with Crippen LogP contribution in [0.2, 0.25) is 5.02 Å². The molecule has 1 aliphatic rings. The van der Waals surface area contributed by atoms with Gasteiger partial charge in [-0.2, -0.15) is 0 Å². The minimum atomic E-state index is -0.561. The van der Waals surface area contributed by atoms with Crippen LogP contribution in [0.3, 0.4) is 0 Å². The summed E-state index contributed by atoms with van der Waals surface area (Å²) in [7, 11) is 5.86. The fraction of sp³-hybridized carbons (Fsp3) is 0.250. The molecule has 1 unspecified atom stereocenters. The van der Waals surface area contributed by atoms with Gasteiger partial charge in [0.15, 0.2) is 0 Å². The molecule has 2 amide bonds. The normalized spacial score (nSPS) is 15.2. The number of halogens is 1. The van der Waals surface area contributed by atoms with Crippen LogP contribution in [-0.4, -0.2) is 61.6 Å². The van der Waals surface area contributed by atoms with E-state index in [4.69, 9.17) is 16.6 Å². The summed E-state index contributed by atoms with van der Waals surface area (Å²) in [6, 6.07) is 22.3. The van der Waals surface area contributed by atoms with Gasteiger partial charge in [0, 0.05) is 29.9 Å². The van der Waals surface area contributed by atoms with Gasteiger partial charge in [0.05, 0.1) is 11.4 Å². The number of nitrogens with zero attached hydrogens (tertiary/aromatic N) is 3. The predicted molar refractivity (Wildman–Crippen MR) is 142 cm³/mol. The van der Waals surface area contributed by atoms with Crippen LogP contribution in [0.15, 0.2) is 77.8 Å². The van der Waals surface area contributed by atoms with E-state index < -0.39 is 5.92 Å². The summed E-state index contributed by atoms with van der Waals surface area (Å²) in [5.41, 5.74) is 4.32. The monoisotopic (exact) mass is 488 g/mol. The van der Waals surface area contributed by atoms with E-state index in [-0.39, 0.29) is 11.8 Å². The van der Waals surface area contributed by atoms with E-state index in [1.54, 1.807) is 29.2 Å². The SMILES string of the molecule is CN(C)CCCN(C)C(=O)c1ccc(N=C(c2ccccc2)C2C(=O)Nc3cc(Cl)ccc32)cc1. The van der Waals surface area contributed by atoms with Crippen LogP contribution in [0.4, 0.5) is 11.4 Å². The Hall–Kier alpha value is -3.48. The van der Waals surface area contributed by atoms with Gasteiger partial charge in [-0.1, -0.05) is 48.0 Å². The fourth-order valence-electron chi connectivity index (χ4n) is 4.17. The number of rotatable bonds is 8. The van der Waals surface area contributed by atoms with Gasteiger partial charge in [-0.05, 0) is 74.6 Å². The molecule has 180 valence electrons. The second-order valence-corrected chi connectivity index (χ2v) is 9.38. The van der Waals surface area contributed by atoms with E-state index in [1.165, 1.54) is 0 Å². The molecule has 1 aliphatic heterocycles. The number of hydrogen-bond acceptors (Lipinski definition) is 4. The molecule has 3 aromatic carbocycles. The van der Waals surface area contributed by atoms with Gasteiger partial charge in [-0.15, -0.1) is 0 Å². The second-order valence-electron chi connectivity index (χ2n) is 8.95. The quantitative estimate of drug-likeness (QED) is 0.442. The molecule has 35 heavy (non-hydrogen) atoms. The molecule has 0 fully saturated rings. The first-order chi connectivity index (χ1) is 16.8. The first-order valence-electron chi connectivity index (χ1n) is 11.6. The topological polar surface area (TPSA) is 65.0 Å². The number of anilines is 1. The highest BCUT2D eigenvalue weighted by atomic mass is 35.5. The van der Waals surface area contributed by atoms with E-state index in [0.717, 1.165) is 24.1 Å². The van der Waals surface area contributed by atoms with Crippen LogP contribution in [0.5, 0.6) is 0 Å². The molecule has 1 N–H and O–H groups in total. The molecular weight excluding hydrogens is 460 g/mol. The molecule has 3 aromatic rings. The highest BCUT2D eigenvalue weighted by Gasteiger charge is 2.35. The first kappa shape index (κ1) is 24.6. The zero-order chi connectivity index (χ0) is 24.9. The molecule has 0 radical (unpaired) electrons. The second kappa shape index (κ2) is 10.8. The van der Waals surface area contributed by atoms with E-state index in [0.29, 0.717) is 34.2 Å². The zero-order valence-electron chi connectivity index (χ0n) is 20.2.